The van der Waals surface area contributed by atoms with Gasteiger partial charge in [-0.1, -0.05) is 77.6 Å². The molecule has 0 spiro atoms. The van der Waals surface area contributed by atoms with E-state index in [1.54, 1.807) is 0 Å². The predicted molar refractivity (Wildman–Crippen MR) is 139 cm³/mol. The Morgan fingerprint density at radius 3 is 2.09 bits per heavy atom. The van der Waals surface area contributed by atoms with Gasteiger partial charge < -0.3 is 20.9 Å². The fraction of sp³-hybridized carbons (Fsp3) is 0.963. The molecule has 5 nitrogen and oxygen atoms in total. The summed E-state index contributed by atoms with van der Waals surface area (Å²) in [5.41, 5.74) is 0. The van der Waals surface area contributed by atoms with Crippen molar-refractivity contribution in [2.24, 2.45) is 0 Å². The van der Waals surface area contributed by atoms with Crippen molar-refractivity contribution in [3.8, 4) is 0 Å². The van der Waals surface area contributed by atoms with E-state index >= 15 is 0 Å². The molecular formula is C27H56N4O. The van der Waals surface area contributed by atoms with Gasteiger partial charge in [0.1, 0.15) is 0 Å². The Kier molecular flexibility index (Phi) is 20.3. The Balaban J connectivity index is 2.21. The second-order valence-electron chi connectivity index (χ2n) is 10.00. The third-order valence-corrected chi connectivity index (χ3v) is 6.73. The van der Waals surface area contributed by atoms with E-state index in [9.17, 15) is 4.79 Å². The van der Waals surface area contributed by atoms with E-state index in [-0.39, 0.29) is 5.91 Å². The van der Waals surface area contributed by atoms with Crippen LogP contribution >= 0.6 is 0 Å². The summed E-state index contributed by atoms with van der Waals surface area (Å²) in [7, 11) is 2.23. The molecular weight excluding hydrogens is 396 g/mol. The van der Waals surface area contributed by atoms with Gasteiger partial charge in [0, 0.05) is 19.0 Å². The highest BCUT2D eigenvalue weighted by Crippen LogP contribution is 2.13. The topological polar surface area (TPSA) is 56.4 Å². The summed E-state index contributed by atoms with van der Waals surface area (Å²) < 4.78 is 0. The summed E-state index contributed by atoms with van der Waals surface area (Å²) in [4.78, 5) is 14.9. The molecule has 1 aliphatic rings. The number of carbonyl (C=O) groups is 1. The second kappa shape index (κ2) is 22.2. The highest BCUT2D eigenvalue weighted by Gasteiger charge is 2.13. The summed E-state index contributed by atoms with van der Waals surface area (Å²) >= 11 is 0. The molecule has 5 heteroatoms. The maximum Gasteiger partial charge on any atom is 0.221 e. The minimum atomic E-state index is 0.215. The molecule has 190 valence electrons. The highest BCUT2D eigenvalue weighted by atomic mass is 16.1. The molecule has 1 heterocycles. The molecule has 0 aliphatic carbocycles. The van der Waals surface area contributed by atoms with Crippen LogP contribution < -0.4 is 16.0 Å². The lowest BCUT2D eigenvalue weighted by atomic mass is 10.0. The Morgan fingerprint density at radius 1 is 0.750 bits per heavy atom. The number of hydrogen-bond donors (Lipinski definition) is 3. The van der Waals surface area contributed by atoms with Crippen molar-refractivity contribution in [3.05, 3.63) is 0 Å². The first kappa shape index (κ1) is 29.4. The van der Waals surface area contributed by atoms with Crippen LogP contribution in [0, 0.1) is 0 Å². The van der Waals surface area contributed by atoms with Gasteiger partial charge in [0.05, 0.1) is 0 Å². The van der Waals surface area contributed by atoms with Crippen molar-refractivity contribution in [2.45, 2.75) is 122 Å². The van der Waals surface area contributed by atoms with Crippen LogP contribution in [0.25, 0.3) is 0 Å². The standard InChI is InChI=1S/C27H56N4O/c1-3-4-5-6-7-8-9-10-11-12-13-18-26-25-27(32)30-21-16-20-28-19-14-15-23-31(2)24-17-22-29-26/h26,28-29H,3-25H2,1-2H3,(H,30,32). The SMILES string of the molecule is CCCCCCCCCCCCCC1CC(=O)NCCCNCCCCN(C)CCCN1. The zero-order valence-corrected chi connectivity index (χ0v) is 21.7. The Bertz CT molecular complexity index is 418. The first-order valence-corrected chi connectivity index (χ1v) is 14.1. The van der Waals surface area contributed by atoms with Crippen LogP contribution in [0.5, 0.6) is 0 Å². The number of rotatable bonds is 12. The lowest BCUT2D eigenvalue weighted by molar-refractivity contribution is -0.121. The predicted octanol–water partition coefficient (Wildman–Crippen LogP) is 5.25. The van der Waals surface area contributed by atoms with Crippen molar-refractivity contribution in [1.82, 2.24) is 20.9 Å². The summed E-state index contributed by atoms with van der Waals surface area (Å²) in [5.74, 6) is 0.215. The van der Waals surface area contributed by atoms with E-state index in [0.29, 0.717) is 12.5 Å². The zero-order chi connectivity index (χ0) is 23.1. The number of nitrogens with one attached hydrogen (secondary N) is 3. The maximum atomic E-state index is 12.4. The Labute approximate surface area is 200 Å². The van der Waals surface area contributed by atoms with Crippen molar-refractivity contribution < 1.29 is 4.79 Å². The third-order valence-electron chi connectivity index (χ3n) is 6.73. The van der Waals surface area contributed by atoms with Crippen molar-refractivity contribution in [2.75, 3.05) is 46.3 Å². The number of nitrogens with zero attached hydrogens (tertiary/aromatic N) is 1. The van der Waals surface area contributed by atoms with E-state index in [2.05, 4.69) is 34.8 Å². The smallest absolute Gasteiger partial charge is 0.221 e. The molecule has 0 bridgehead atoms. The zero-order valence-electron chi connectivity index (χ0n) is 21.7. The molecule has 1 aliphatic heterocycles. The van der Waals surface area contributed by atoms with Crippen LogP contribution in [0.3, 0.4) is 0 Å². The van der Waals surface area contributed by atoms with Crippen molar-refractivity contribution in [1.29, 1.82) is 0 Å². The van der Waals surface area contributed by atoms with Gasteiger partial charge >= 0.3 is 0 Å². The molecule has 0 aromatic rings. The van der Waals surface area contributed by atoms with E-state index in [4.69, 9.17) is 0 Å². The second-order valence-corrected chi connectivity index (χ2v) is 10.00. The first-order chi connectivity index (χ1) is 15.7. The minimum Gasteiger partial charge on any atom is -0.356 e. The fourth-order valence-electron chi connectivity index (χ4n) is 4.59. The average Bonchev–Trinajstić information content (AvgIpc) is 2.78. The van der Waals surface area contributed by atoms with Crippen LogP contribution in [-0.4, -0.2) is 63.2 Å². The quantitative estimate of drug-likeness (QED) is 0.354. The molecule has 0 aromatic carbocycles. The van der Waals surface area contributed by atoms with E-state index < -0.39 is 0 Å². The lowest BCUT2D eigenvalue weighted by Gasteiger charge is -2.20. The molecule has 0 radical (unpaired) electrons. The molecule has 1 amide bonds. The summed E-state index contributed by atoms with van der Waals surface area (Å²) in [6, 6.07) is 0.327. The van der Waals surface area contributed by atoms with E-state index in [0.717, 1.165) is 52.0 Å². The van der Waals surface area contributed by atoms with Gasteiger partial charge in [-0.3, -0.25) is 4.79 Å². The molecule has 1 atom stereocenters. The molecule has 3 N–H and O–H groups in total. The first-order valence-electron chi connectivity index (χ1n) is 14.1. The lowest BCUT2D eigenvalue weighted by Crippen LogP contribution is -2.37. The summed E-state index contributed by atoms with van der Waals surface area (Å²) in [6.07, 6.45) is 21.5. The van der Waals surface area contributed by atoms with Crippen LogP contribution in [0.4, 0.5) is 0 Å². The van der Waals surface area contributed by atoms with Crippen LogP contribution in [0.1, 0.15) is 116 Å². The number of hydrogen-bond acceptors (Lipinski definition) is 4. The number of carbonyl (C=O) groups excluding carboxylic acids is 1. The molecule has 0 saturated carbocycles. The van der Waals surface area contributed by atoms with Gasteiger partial charge in [-0.25, -0.2) is 0 Å². The Hall–Kier alpha value is -0.650. The average molecular weight is 453 g/mol. The summed E-state index contributed by atoms with van der Waals surface area (Å²) in [5, 5.41) is 10.3. The molecule has 1 rings (SSSR count). The number of amides is 1. The number of unbranched alkanes of at least 4 members (excludes halogenated alkanes) is 10. The molecule has 1 saturated heterocycles. The third kappa shape index (κ3) is 18.9. The Morgan fingerprint density at radius 2 is 1.38 bits per heavy atom. The van der Waals surface area contributed by atoms with Gasteiger partial charge in [0.25, 0.3) is 0 Å². The maximum absolute atomic E-state index is 12.4. The fourth-order valence-corrected chi connectivity index (χ4v) is 4.59. The summed E-state index contributed by atoms with van der Waals surface area (Å²) in [6.45, 7) is 8.50. The van der Waals surface area contributed by atoms with E-state index in [1.807, 2.05) is 0 Å². The van der Waals surface area contributed by atoms with E-state index in [1.165, 1.54) is 90.0 Å². The van der Waals surface area contributed by atoms with Crippen LogP contribution in [0.15, 0.2) is 0 Å². The normalized spacial score (nSPS) is 21.2. The van der Waals surface area contributed by atoms with Gasteiger partial charge in [0.2, 0.25) is 5.91 Å². The van der Waals surface area contributed by atoms with Crippen molar-refractivity contribution >= 4 is 5.91 Å². The van der Waals surface area contributed by atoms with Gasteiger partial charge in [-0.05, 0) is 71.9 Å². The van der Waals surface area contributed by atoms with Crippen LogP contribution in [-0.2, 0) is 4.79 Å². The largest absolute Gasteiger partial charge is 0.356 e. The van der Waals surface area contributed by atoms with Gasteiger partial charge in [-0.15, -0.1) is 0 Å². The van der Waals surface area contributed by atoms with Gasteiger partial charge in [0.15, 0.2) is 0 Å². The van der Waals surface area contributed by atoms with Gasteiger partial charge in [-0.2, -0.15) is 0 Å². The minimum absolute atomic E-state index is 0.215. The van der Waals surface area contributed by atoms with Crippen molar-refractivity contribution in [3.63, 3.8) is 0 Å². The monoisotopic (exact) mass is 452 g/mol. The molecule has 1 unspecified atom stereocenters. The molecule has 0 aromatic heterocycles. The van der Waals surface area contributed by atoms with Crippen LogP contribution in [0.2, 0.25) is 0 Å². The highest BCUT2D eigenvalue weighted by molar-refractivity contribution is 5.76. The molecule has 32 heavy (non-hydrogen) atoms. The molecule has 1 fully saturated rings.